The summed E-state index contributed by atoms with van der Waals surface area (Å²) in [5, 5.41) is 12.7. The number of hydrogen-bond acceptors (Lipinski definition) is 6. The number of benzene rings is 4. The smallest absolute Gasteiger partial charge is 0.251 e. The molecule has 0 bridgehead atoms. The number of aliphatic hydroxyl groups excluding tert-OH is 1. The van der Waals surface area contributed by atoms with E-state index in [4.69, 9.17) is 4.74 Å². The quantitative estimate of drug-likeness (QED) is 0.251. The number of anilines is 2. The van der Waals surface area contributed by atoms with E-state index in [1.165, 1.54) is 11.8 Å². The Morgan fingerprint density at radius 1 is 0.816 bits per heavy atom. The van der Waals surface area contributed by atoms with E-state index in [0.29, 0.717) is 19.7 Å². The lowest BCUT2D eigenvalue weighted by atomic mass is 9.78. The number of likely N-dealkylation sites (tertiary alicyclic amines) is 1. The summed E-state index contributed by atoms with van der Waals surface area (Å²) in [6.45, 7) is 2.78. The van der Waals surface area contributed by atoms with E-state index in [2.05, 4.69) is 0 Å². The number of hydrogen-bond donors (Lipinski definition) is 1. The summed E-state index contributed by atoms with van der Waals surface area (Å²) in [6, 6.07) is 29.0. The molecule has 0 radical (unpaired) electrons. The van der Waals surface area contributed by atoms with Crippen molar-refractivity contribution in [2.75, 3.05) is 36.1 Å². The molecule has 8 nitrogen and oxygen atoms in total. The molecule has 3 amide bonds. The van der Waals surface area contributed by atoms with Gasteiger partial charge in [-0.15, -0.1) is 11.8 Å². The van der Waals surface area contributed by atoms with Crippen molar-refractivity contribution in [3.05, 3.63) is 127 Å². The number of thioether (sulfide) groups is 1. The lowest BCUT2D eigenvalue weighted by Crippen LogP contribution is -2.54. The van der Waals surface area contributed by atoms with Gasteiger partial charge in [-0.2, -0.15) is 0 Å². The van der Waals surface area contributed by atoms with Crippen molar-refractivity contribution in [3.63, 3.8) is 0 Å². The number of nitrogens with zero attached hydrogens (tertiary/aromatic N) is 3. The van der Waals surface area contributed by atoms with Crippen LogP contribution in [0.2, 0.25) is 0 Å². The van der Waals surface area contributed by atoms with Gasteiger partial charge in [0, 0.05) is 29.7 Å². The van der Waals surface area contributed by atoms with E-state index in [1.807, 2.05) is 128 Å². The van der Waals surface area contributed by atoms with Crippen molar-refractivity contribution in [2.24, 2.45) is 11.8 Å². The standard InChI is InChI=1S/C40H37N3O5S/c1-2-48-31-19-17-29(18-20-31)41-22-8-14-33-34(37(41)45)35-38(46)43(32(25-44)27-11-4-3-5-12-27)36-39(47)42(23-9-21-40(35,36)49-33)30-16-15-26-10-6-7-13-28(26)24-30/h3-21,24,32-36,44H,2,22-23,25H2,1H3/t32-,33-,34+,35+,36?,40+/m1/s1. The van der Waals surface area contributed by atoms with Crippen LogP contribution in [0.5, 0.6) is 5.75 Å². The third kappa shape index (κ3) is 5.06. The highest BCUT2D eigenvalue weighted by Crippen LogP contribution is 2.62. The number of fused-ring (bicyclic) bond motifs is 3. The van der Waals surface area contributed by atoms with Crippen LogP contribution in [0.15, 0.2) is 121 Å². The molecule has 2 fully saturated rings. The predicted molar refractivity (Wildman–Crippen MR) is 193 cm³/mol. The Morgan fingerprint density at radius 3 is 2.27 bits per heavy atom. The second kappa shape index (κ2) is 12.5. The fourth-order valence-electron chi connectivity index (χ4n) is 8.14. The average Bonchev–Trinajstić information content (AvgIpc) is 3.44. The summed E-state index contributed by atoms with van der Waals surface area (Å²) in [6.07, 6.45) is 8.02. The molecule has 4 aliphatic rings. The van der Waals surface area contributed by atoms with Gasteiger partial charge in [0.2, 0.25) is 11.8 Å². The van der Waals surface area contributed by atoms with Crippen LogP contribution in [0.25, 0.3) is 10.8 Å². The van der Waals surface area contributed by atoms with E-state index in [0.717, 1.165) is 33.5 Å². The van der Waals surface area contributed by atoms with E-state index < -0.39 is 28.7 Å². The van der Waals surface area contributed by atoms with Crippen molar-refractivity contribution in [1.29, 1.82) is 0 Å². The molecule has 1 spiro atoms. The molecule has 8 rings (SSSR count). The molecule has 4 aliphatic heterocycles. The lowest BCUT2D eigenvalue weighted by molar-refractivity contribution is -0.141. The van der Waals surface area contributed by atoms with Crippen LogP contribution in [0.1, 0.15) is 18.5 Å². The molecular formula is C40H37N3O5S. The minimum absolute atomic E-state index is 0.153. The Kier molecular flexibility index (Phi) is 8.04. The third-order valence-corrected chi connectivity index (χ3v) is 12.0. The van der Waals surface area contributed by atoms with Gasteiger partial charge in [0.25, 0.3) is 5.91 Å². The highest BCUT2D eigenvalue weighted by atomic mass is 32.2. The Hall–Kier alpha value is -4.86. The maximum Gasteiger partial charge on any atom is 0.251 e. The Balaban J connectivity index is 1.23. The molecule has 49 heavy (non-hydrogen) atoms. The SMILES string of the molecule is CCOc1ccc(N2CC=C[C@H]3S[C@]45C=CCN(c6ccc7ccccc7c6)C(=O)C4N([C@H](CO)c4ccccc4)C(=O)[C@@H]5[C@H]3C2=O)cc1. The van der Waals surface area contributed by atoms with Gasteiger partial charge >= 0.3 is 0 Å². The number of aliphatic hydroxyl groups is 1. The summed E-state index contributed by atoms with van der Waals surface area (Å²) in [5.74, 6) is -1.48. The highest BCUT2D eigenvalue weighted by molar-refractivity contribution is 8.02. The van der Waals surface area contributed by atoms with Crippen LogP contribution < -0.4 is 14.5 Å². The number of ether oxygens (including phenoxy) is 1. The normalized spacial score (nSPS) is 26.7. The molecule has 2 saturated heterocycles. The zero-order valence-electron chi connectivity index (χ0n) is 27.1. The van der Waals surface area contributed by atoms with Crippen LogP contribution >= 0.6 is 11.8 Å². The van der Waals surface area contributed by atoms with Gasteiger partial charge in [-0.1, -0.05) is 85.0 Å². The van der Waals surface area contributed by atoms with Crippen molar-refractivity contribution < 1.29 is 24.2 Å². The molecule has 1 unspecified atom stereocenters. The minimum atomic E-state index is -1.03. The summed E-state index contributed by atoms with van der Waals surface area (Å²) in [4.78, 5) is 49.9. The first kappa shape index (κ1) is 31.4. The van der Waals surface area contributed by atoms with E-state index in [1.54, 1.807) is 14.7 Å². The zero-order chi connectivity index (χ0) is 33.7. The summed E-state index contributed by atoms with van der Waals surface area (Å²) in [5.41, 5.74) is 2.18. The lowest BCUT2D eigenvalue weighted by Gasteiger charge is -2.38. The average molecular weight is 672 g/mol. The number of carbonyl (C=O) groups excluding carboxylic acids is 3. The summed E-state index contributed by atoms with van der Waals surface area (Å²) < 4.78 is 4.60. The van der Waals surface area contributed by atoms with Crippen molar-refractivity contribution >= 4 is 51.6 Å². The van der Waals surface area contributed by atoms with Gasteiger partial charge in [-0.25, -0.2) is 0 Å². The van der Waals surface area contributed by atoms with Crippen LogP contribution in [-0.2, 0) is 14.4 Å². The van der Waals surface area contributed by atoms with E-state index in [9.17, 15) is 9.90 Å². The zero-order valence-corrected chi connectivity index (χ0v) is 27.9. The van der Waals surface area contributed by atoms with Crippen molar-refractivity contribution in [3.8, 4) is 5.75 Å². The predicted octanol–water partition coefficient (Wildman–Crippen LogP) is 5.78. The summed E-state index contributed by atoms with van der Waals surface area (Å²) >= 11 is 1.53. The molecule has 248 valence electrons. The third-order valence-electron chi connectivity index (χ3n) is 10.3. The van der Waals surface area contributed by atoms with E-state index >= 15 is 9.59 Å². The van der Waals surface area contributed by atoms with Gasteiger partial charge in [-0.3, -0.25) is 14.4 Å². The number of rotatable bonds is 7. The maximum atomic E-state index is 15.1. The Morgan fingerprint density at radius 2 is 1.51 bits per heavy atom. The highest BCUT2D eigenvalue weighted by Gasteiger charge is 2.72. The monoisotopic (exact) mass is 671 g/mol. The van der Waals surface area contributed by atoms with Gasteiger partial charge in [0.1, 0.15) is 11.8 Å². The molecule has 4 heterocycles. The van der Waals surface area contributed by atoms with Gasteiger partial charge in [0.05, 0.1) is 35.8 Å². The summed E-state index contributed by atoms with van der Waals surface area (Å²) in [7, 11) is 0. The fourth-order valence-corrected chi connectivity index (χ4v) is 10.1. The Bertz CT molecular complexity index is 1980. The van der Waals surface area contributed by atoms with Gasteiger partial charge < -0.3 is 24.5 Å². The molecule has 4 aromatic rings. The molecule has 4 aromatic carbocycles. The first-order valence-corrected chi connectivity index (χ1v) is 17.7. The van der Waals surface area contributed by atoms with Crippen LogP contribution in [0.4, 0.5) is 11.4 Å². The first-order chi connectivity index (χ1) is 23.9. The molecule has 1 N–H and O–H groups in total. The topological polar surface area (TPSA) is 90.4 Å². The minimum Gasteiger partial charge on any atom is -0.494 e. The van der Waals surface area contributed by atoms with Crippen LogP contribution in [0.3, 0.4) is 0 Å². The molecular weight excluding hydrogens is 635 g/mol. The molecule has 9 heteroatoms. The van der Waals surface area contributed by atoms with Crippen LogP contribution in [-0.4, -0.2) is 70.1 Å². The van der Waals surface area contributed by atoms with Gasteiger partial charge in [0.15, 0.2) is 0 Å². The maximum absolute atomic E-state index is 15.1. The second-order valence-corrected chi connectivity index (χ2v) is 14.4. The fraction of sp³-hybridized carbons (Fsp3) is 0.275. The second-order valence-electron chi connectivity index (χ2n) is 12.9. The Labute approximate surface area is 289 Å². The number of amides is 3. The first-order valence-electron chi connectivity index (χ1n) is 16.8. The molecule has 0 aliphatic carbocycles. The largest absolute Gasteiger partial charge is 0.494 e. The molecule has 0 aromatic heterocycles. The van der Waals surface area contributed by atoms with Gasteiger partial charge in [-0.05, 0) is 59.7 Å². The van der Waals surface area contributed by atoms with Crippen LogP contribution in [0, 0.1) is 11.8 Å². The number of carbonyl (C=O) groups is 3. The van der Waals surface area contributed by atoms with Crippen molar-refractivity contribution in [2.45, 2.75) is 29.0 Å². The molecule has 0 saturated carbocycles. The van der Waals surface area contributed by atoms with E-state index in [-0.39, 0.29) is 29.6 Å². The molecule has 6 atom stereocenters. The van der Waals surface area contributed by atoms with Crippen molar-refractivity contribution in [1.82, 2.24) is 4.90 Å².